The fourth-order valence-electron chi connectivity index (χ4n) is 2.98. The van der Waals surface area contributed by atoms with Gasteiger partial charge in [-0.3, -0.25) is 4.79 Å². The second-order valence-electron chi connectivity index (χ2n) is 7.37. The van der Waals surface area contributed by atoms with Gasteiger partial charge in [0.2, 0.25) is 0 Å². The first-order chi connectivity index (χ1) is 12.3. The predicted molar refractivity (Wildman–Crippen MR) is 108 cm³/mol. The Bertz CT molecular complexity index is 699. The summed E-state index contributed by atoms with van der Waals surface area (Å²) in [5.74, 6) is 1.23. The second kappa shape index (κ2) is 9.42. The first kappa shape index (κ1) is 20.0. The number of benzene rings is 2. The number of rotatable bonds is 8. The van der Waals surface area contributed by atoms with Crippen molar-refractivity contribution in [2.45, 2.75) is 59.5 Å². The Balaban J connectivity index is 1.73. The molecule has 1 atom stereocenters. The van der Waals surface area contributed by atoms with Crippen LogP contribution >= 0.6 is 0 Å². The van der Waals surface area contributed by atoms with Gasteiger partial charge in [0, 0.05) is 6.54 Å². The minimum Gasteiger partial charge on any atom is -0.481 e. The van der Waals surface area contributed by atoms with E-state index in [1.54, 1.807) is 6.92 Å². The Morgan fingerprint density at radius 1 is 1.00 bits per heavy atom. The molecule has 0 bridgehead atoms. The van der Waals surface area contributed by atoms with Gasteiger partial charge in [-0.25, -0.2) is 0 Å². The summed E-state index contributed by atoms with van der Waals surface area (Å²) in [5.41, 5.74) is 4.94. The van der Waals surface area contributed by atoms with Crippen LogP contribution in [0.2, 0.25) is 0 Å². The predicted octanol–water partition coefficient (Wildman–Crippen LogP) is 4.94. The average Bonchev–Trinajstić information content (AvgIpc) is 2.58. The van der Waals surface area contributed by atoms with E-state index in [1.165, 1.54) is 11.1 Å². The molecule has 0 spiro atoms. The summed E-state index contributed by atoms with van der Waals surface area (Å²) in [7, 11) is 0. The third kappa shape index (κ3) is 6.21. The summed E-state index contributed by atoms with van der Waals surface area (Å²) >= 11 is 0. The number of hydrogen-bond acceptors (Lipinski definition) is 2. The molecule has 0 unspecified atom stereocenters. The van der Waals surface area contributed by atoms with Crippen molar-refractivity contribution in [3.63, 3.8) is 0 Å². The van der Waals surface area contributed by atoms with Gasteiger partial charge in [-0.05, 0) is 73.9 Å². The first-order valence-corrected chi connectivity index (χ1v) is 9.46. The Kier molecular flexibility index (Phi) is 7.26. The molecule has 26 heavy (non-hydrogen) atoms. The molecule has 0 aromatic heterocycles. The maximum Gasteiger partial charge on any atom is 0.260 e. The Morgan fingerprint density at radius 2 is 1.62 bits per heavy atom. The van der Waals surface area contributed by atoms with Crippen LogP contribution in [0.15, 0.2) is 42.5 Å². The van der Waals surface area contributed by atoms with Crippen LogP contribution in [0.3, 0.4) is 0 Å². The molecular weight excluding hydrogens is 322 g/mol. The fourth-order valence-corrected chi connectivity index (χ4v) is 2.98. The topological polar surface area (TPSA) is 38.3 Å². The molecule has 0 aliphatic heterocycles. The highest BCUT2D eigenvalue weighted by atomic mass is 16.5. The normalized spacial score (nSPS) is 12.1. The number of nitrogens with one attached hydrogen (secondary N) is 1. The molecule has 1 N–H and O–H groups in total. The largest absolute Gasteiger partial charge is 0.481 e. The molecule has 2 aromatic rings. The zero-order chi connectivity index (χ0) is 19.1. The number of ether oxygens (including phenoxy) is 1. The molecule has 1 amide bonds. The monoisotopic (exact) mass is 353 g/mol. The molecule has 0 aliphatic carbocycles. The zero-order valence-electron chi connectivity index (χ0n) is 16.6. The fraction of sp³-hybridized carbons (Fsp3) is 0.435. The summed E-state index contributed by atoms with van der Waals surface area (Å²) < 4.78 is 5.78. The summed E-state index contributed by atoms with van der Waals surface area (Å²) in [4.78, 5) is 12.2. The highest BCUT2D eigenvalue weighted by molar-refractivity contribution is 5.80. The first-order valence-electron chi connectivity index (χ1n) is 9.46. The molecule has 0 fully saturated rings. The number of carbonyl (C=O) groups excluding carboxylic acids is 1. The van der Waals surface area contributed by atoms with Gasteiger partial charge in [-0.1, -0.05) is 44.2 Å². The van der Waals surface area contributed by atoms with Crippen LogP contribution in [0.25, 0.3) is 0 Å². The van der Waals surface area contributed by atoms with E-state index in [0.717, 1.165) is 29.7 Å². The molecule has 0 heterocycles. The Labute approximate surface area is 157 Å². The van der Waals surface area contributed by atoms with Gasteiger partial charge < -0.3 is 10.1 Å². The van der Waals surface area contributed by atoms with E-state index in [4.69, 9.17) is 4.74 Å². The van der Waals surface area contributed by atoms with Crippen LogP contribution in [0.1, 0.15) is 55.4 Å². The second-order valence-corrected chi connectivity index (χ2v) is 7.37. The number of carbonyl (C=O) groups is 1. The Morgan fingerprint density at radius 3 is 2.19 bits per heavy atom. The molecule has 3 nitrogen and oxygen atoms in total. The molecular formula is C23H31NO2. The van der Waals surface area contributed by atoms with Crippen molar-refractivity contribution in [3.05, 3.63) is 64.7 Å². The molecule has 0 aliphatic rings. The van der Waals surface area contributed by atoms with Crippen molar-refractivity contribution < 1.29 is 9.53 Å². The van der Waals surface area contributed by atoms with Crippen molar-refractivity contribution in [3.8, 4) is 5.75 Å². The molecule has 0 radical (unpaired) electrons. The van der Waals surface area contributed by atoms with Crippen LogP contribution < -0.4 is 10.1 Å². The van der Waals surface area contributed by atoms with E-state index in [0.29, 0.717) is 12.5 Å². The van der Waals surface area contributed by atoms with Gasteiger partial charge in [-0.15, -0.1) is 0 Å². The van der Waals surface area contributed by atoms with Gasteiger partial charge >= 0.3 is 0 Å². The van der Waals surface area contributed by atoms with Crippen LogP contribution in [0, 0.1) is 13.8 Å². The highest BCUT2D eigenvalue weighted by Gasteiger charge is 2.14. The summed E-state index contributed by atoms with van der Waals surface area (Å²) in [5, 5.41) is 2.97. The maximum atomic E-state index is 12.2. The molecule has 2 aromatic carbocycles. The lowest BCUT2D eigenvalue weighted by Gasteiger charge is -2.15. The van der Waals surface area contributed by atoms with Gasteiger partial charge in [0.05, 0.1) is 0 Å². The lowest BCUT2D eigenvalue weighted by Crippen LogP contribution is -2.37. The molecule has 2 rings (SSSR count). The standard InChI is InChI=1S/C23H31NO2/c1-16(2)21-10-8-20(9-11-21)7-6-12-24-23(25)19(5)26-22-14-17(3)13-18(4)15-22/h8-11,13-16,19H,6-7,12H2,1-5H3,(H,24,25)/t19-/m0/s1. The quantitative estimate of drug-likeness (QED) is 0.682. The van der Waals surface area contributed by atoms with E-state index < -0.39 is 6.10 Å². The van der Waals surface area contributed by atoms with E-state index in [1.807, 2.05) is 26.0 Å². The lowest BCUT2D eigenvalue weighted by molar-refractivity contribution is -0.127. The van der Waals surface area contributed by atoms with Gasteiger partial charge in [0.1, 0.15) is 5.75 Å². The average molecular weight is 354 g/mol. The third-order valence-corrected chi connectivity index (χ3v) is 4.47. The van der Waals surface area contributed by atoms with Crippen LogP contribution in [0.5, 0.6) is 5.75 Å². The SMILES string of the molecule is Cc1cc(C)cc(O[C@@H](C)C(=O)NCCCc2ccc(C(C)C)cc2)c1. The number of amides is 1. The van der Waals surface area contributed by atoms with Crippen molar-refractivity contribution in [2.24, 2.45) is 0 Å². The minimum atomic E-state index is -0.499. The van der Waals surface area contributed by atoms with Crippen LogP contribution in [-0.2, 0) is 11.2 Å². The summed E-state index contributed by atoms with van der Waals surface area (Å²) in [6.45, 7) is 10.9. The van der Waals surface area contributed by atoms with Gasteiger partial charge in [0.25, 0.3) is 5.91 Å². The summed E-state index contributed by atoms with van der Waals surface area (Å²) in [6.07, 6.45) is 1.38. The van der Waals surface area contributed by atoms with Crippen molar-refractivity contribution in [2.75, 3.05) is 6.54 Å². The van der Waals surface area contributed by atoms with E-state index in [2.05, 4.69) is 49.5 Å². The Hall–Kier alpha value is -2.29. The molecule has 0 saturated heterocycles. The van der Waals surface area contributed by atoms with Gasteiger partial charge in [0.15, 0.2) is 6.10 Å². The maximum absolute atomic E-state index is 12.2. The van der Waals surface area contributed by atoms with E-state index in [9.17, 15) is 4.79 Å². The lowest BCUT2D eigenvalue weighted by atomic mass is 10.0. The van der Waals surface area contributed by atoms with Crippen LogP contribution in [-0.4, -0.2) is 18.6 Å². The smallest absolute Gasteiger partial charge is 0.260 e. The van der Waals surface area contributed by atoms with Crippen LogP contribution in [0.4, 0.5) is 0 Å². The van der Waals surface area contributed by atoms with E-state index in [-0.39, 0.29) is 5.91 Å². The number of hydrogen-bond donors (Lipinski definition) is 1. The van der Waals surface area contributed by atoms with Crippen molar-refractivity contribution in [1.82, 2.24) is 5.32 Å². The highest BCUT2D eigenvalue weighted by Crippen LogP contribution is 2.18. The minimum absolute atomic E-state index is 0.0701. The van der Waals surface area contributed by atoms with Crippen molar-refractivity contribution in [1.29, 1.82) is 0 Å². The zero-order valence-corrected chi connectivity index (χ0v) is 16.6. The number of aryl methyl sites for hydroxylation is 3. The van der Waals surface area contributed by atoms with Gasteiger partial charge in [-0.2, -0.15) is 0 Å². The molecule has 3 heteroatoms. The van der Waals surface area contributed by atoms with E-state index >= 15 is 0 Å². The van der Waals surface area contributed by atoms with Crippen molar-refractivity contribution >= 4 is 5.91 Å². The molecule has 140 valence electrons. The summed E-state index contributed by atoms with van der Waals surface area (Å²) in [6, 6.07) is 14.8. The molecule has 0 saturated carbocycles. The third-order valence-electron chi connectivity index (χ3n) is 4.47.